The third-order valence-corrected chi connectivity index (χ3v) is 2.93. The number of hydrogen-bond acceptors (Lipinski definition) is 4. The van der Waals surface area contributed by atoms with Crippen LogP contribution in [0.3, 0.4) is 0 Å². The van der Waals surface area contributed by atoms with Crippen LogP contribution in [0.4, 0.5) is 5.69 Å². The molecule has 5 heteroatoms. The molecule has 0 aliphatic heterocycles. The van der Waals surface area contributed by atoms with Crippen LogP contribution in [0.1, 0.15) is 45.1 Å². The van der Waals surface area contributed by atoms with Crippen molar-refractivity contribution in [1.82, 2.24) is 0 Å². The summed E-state index contributed by atoms with van der Waals surface area (Å²) in [5, 5.41) is 11.0. The van der Waals surface area contributed by atoms with E-state index in [-0.39, 0.29) is 11.3 Å². The number of ether oxygens (including phenoxy) is 2. The first-order valence-corrected chi connectivity index (χ1v) is 7.18. The van der Waals surface area contributed by atoms with Gasteiger partial charge in [-0.3, -0.25) is 10.1 Å². The van der Waals surface area contributed by atoms with Gasteiger partial charge in [0.05, 0.1) is 24.2 Å². The molecule has 0 aliphatic rings. The maximum atomic E-state index is 11.0. The second-order valence-corrected chi connectivity index (χ2v) is 4.62. The number of terminal acetylenes is 1. The lowest BCUT2D eigenvalue weighted by Crippen LogP contribution is -2.04. The Labute approximate surface area is 125 Å². The second kappa shape index (κ2) is 8.85. The van der Waals surface area contributed by atoms with Crippen LogP contribution in [-0.2, 0) is 0 Å². The molecule has 0 amide bonds. The zero-order valence-electron chi connectivity index (χ0n) is 12.6. The minimum absolute atomic E-state index is 0.133. The van der Waals surface area contributed by atoms with Crippen LogP contribution >= 0.6 is 0 Å². The summed E-state index contributed by atoms with van der Waals surface area (Å²) in [6, 6.07) is 2.86. The van der Waals surface area contributed by atoms with Gasteiger partial charge in [-0.05, 0) is 12.8 Å². The molecule has 0 atom stereocenters. The zero-order chi connectivity index (χ0) is 15.7. The van der Waals surface area contributed by atoms with Gasteiger partial charge in [0, 0.05) is 6.07 Å². The summed E-state index contributed by atoms with van der Waals surface area (Å²) < 4.78 is 11.2. The van der Waals surface area contributed by atoms with Crippen molar-refractivity contribution >= 4 is 5.69 Å². The van der Waals surface area contributed by atoms with Crippen molar-refractivity contribution < 1.29 is 14.4 Å². The first-order valence-electron chi connectivity index (χ1n) is 7.18. The highest BCUT2D eigenvalue weighted by Crippen LogP contribution is 2.34. The van der Waals surface area contributed by atoms with Gasteiger partial charge in [0.15, 0.2) is 11.5 Å². The van der Waals surface area contributed by atoms with E-state index >= 15 is 0 Å². The summed E-state index contributed by atoms with van der Waals surface area (Å²) in [6.45, 7) is 5.13. The average molecular weight is 291 g/mol. The minimum Gasteiger partial charge on any atom is -0.490 e. The summed E-state index contributed by atoms with van der Waals surface area (Å²) >= 11 is 0. The van der Waals surface area contributed by atoms with E-state index in [1.54, 1.807) is 0 Å². The van der Waals surface area contributed by atoms with Crippen molar-refractivity contribution in [1.29, 1.82) is 0 Å². The van der Waals surface area contributed by atoms with Gasteiger partial charge in [0.2, 0.25) is 0 Å². The Morgan fingerprint density at radius 2 is 1.67 bits per heavy atom. The number of nitro benzene ring substituents is 1. The fourth-order valence-electron chi connectivity index (χ4n) is 1.69. The van der Waals surface area contributed by atoms with Gasteiger partial charge < -0.3 is 9.47 Å². The molecule has 1 rings (SSSR count). The predicted molar refractivity (Wildman–Crippen MR) is 81.8 cm³/mol. The predicted octanol–water partition coefficient (Wildman–Crippen LogP) is 3.93. The molecule has 114 valence electrons. The number of nitrogens with zero attached hydrogens (tertiary/aromatic N) is 1. The van der Waals surface area contributed by atoms with Crippen molar-refractivity contribution in [2.75, 3.05) is 13.2 Å². The Bertz CT molecular complexity index is 520. The van der Waals surface area contributed by atoms with Crippen molar-refractivity contribution in [3.63, 3.8) is 0 Å². The third kappa shape index (κ3) is 4.99. The molecule has 0 radical (unpaired) electrons. The van der Waals surface area contributed by atoms with E-state index in [4.69, 9.17) is 15.9 Å². The second-order valence-electron chi connectivity index (χ2n) is 4.62. The lowest BCUT2D eigenvalue weighted by Gasteiger charge is -2.13. The highest BCUT2D eigenvalue weighted by molar-refractivity contribution is 5.59. The Morgan fingerprint density at radius 3 is 2.10 bits per heavy atom. The number of benzene rings is 1. The molecule has 5 nitrogen and oxygen atoms in total. The summed E-state index contributed by atoms with van der Waals surface area (Å²) in [5.74, 6) is 3.18. The molecule has 21 heavy (non-hydrogen) atoms. The van der Waals surface area contributed by atoms with Crippen molar-refractivity contribution in [3.05, 3.63) is 27.8 Å². The van der Waals surface area contributed by atoms with Gasteiger partial charge in [-0.15, -0.1) is 6.42 Å². The van der Waals surface area contributed by atoms with E-state index in [0.717, 1.165) is 25.7 Å². The van der Waals surface area contributed by atoms with Crippen LogP contribution in [-0.4, -0.2) is 18.1 Å². The summed E-state index contributed by atoms with van der Waals surface area (Å²) in [4.78, 5) is 10.5. The summed E-state index contributed by atoms with van der Waals surface area (Å²) in [7, 11) is 0. The lowest BCUT2D eigenvalue weighted by atomic mass is 10.1. The normalized spacial score (nSPS) is 9.95. The van der Waals surface area contributed by atoms with E-state index in [2.05, 4.69) is 12.8 Å². The summed E-state index contributed by atoms with van der Waals surface area (Å²) in [6.07, 6.45) is 9.09. The van der Waals surface area contributed by atoms with E-state index in [9.17, 15) is 10.1 Å². The number of nitro groups is 1. The minimum atomic E-state index is -0.502. The number of rotatable bonds is 9. The first-order chi connectivity index (χ1) is 10.1. The Kier molecular flexibility index (Phi) is 7.10. The molecule has 0 heterocycles. The van der Waals surface area contributed by atoms with Crippen molar-refractivity contribution in [2.45, 2.75) is 39.5 Å². The molecule has 1 aromatic carbocycles. The zero-order valence-corrected chi connectivity index (χ0v) is 12.6. The Morgan fingerprint density at radius 1 is 1.14 bits per heavy atom. The maximum absolute atomic E-state index is 11.0. The molecule has 0 saturated heterocycles. The van der Waals surface area contributed by atoms with Gasteiger partial charge in [-0.1, -0.05) is 32.6 Å². The van der Waals surface area contributed by atoms with Crippen LogP contribution in [0.15, 0.2) is 12.1 Å². The summed E-state index contributed by atoms with van der Waals surface area (Å²) in [5.41, 5.74) is 0.0705. The molecular weight excluding hydrogens is 270 g/mol. The lowest BCUT2D eigenvalue weighted by molar-refractivity contribution is -0.385. The van der Waals surface area contributed by atoms with Gasteiger partial charge >= 0.3 is 0 Å². The third-order valence-electron chi connectivity index (χ3n) is 2.93. The number of unbranched alkanes of at least 4 members (excludes halogenated alkanes) is 2. The first kappa shape index (κ1) is 16.8. The highest BCUT2D eigenvalue weighted by Gasteiger charge is 2.19. The van der Waals surface area contributed by atoms with E-state index in [0.29, 0.717) is 24.7 Å². The SMILES string of the molecule is C#Cc1cc(OCCCC)c(OCCCC)cc1[N+](=O)[O-]. The molecule has 0 unspecified atom stereocenters. The highest BCUT2D eigenvalue weighted by atomic mass is 16.6. The number of hydrogen-bond donors (Lipinski definition) is 0. The van der Waals surface area contributed by atoms with Crippen LogP contribution in [0.25, 0.3) is 0 Å². The molecule has 0 bridgehead atoms. The fraction of sp³-hybridized carbons (Fsp3) is 0.500. The molecule has 0 aliphatic carbocycles. The molecule has 0 spiro atoms. The molecule has 0 fully saturated rings. The van der Waals surface area contributed by atoms with Crippen LogP contribution in [0.2, 0.25) is 0 Å². The van der Waals surface area contributed by atoms with E-state index in [1.807, 2.05) is 6.92 Å². The molecule has 1 aromatic rings. The van der Waals surface area contributed by atoms with Crippen LogP contribution in [0, 0.1) is 22.5 Å². The molecule has 0 aromatic heterocycles. The average Bonchev–Trinajstić information content (AvgIpc) is 2.48. The van der Waals surface area contributed by atoms with Gasteiger partial charge in [-0.25, -0.2) is 0 Å². The fourth-order valence-corrected chi connectivity index (χ4v) is 1.69. The van der Waals surface area contributed by atoms with Crippen molar-refractivity contribution in [3.8, 4) is 23.8 Å². The monoisotopic (exact) mass is 291 g/mol. The van der Waals surface area contributed by atoms with Crippen molar-refractivity contribution in [2.24, 2.45) is 0 Å². The molecular formula is C16H21NO4. The molecule has 0 N–H and O–H groups in total. The van der Waals surface area contributed by atoms with E-state index < -0.39 is 4.92 Å². The quantitative estimate of drug-likeness (QED) is 0.299. The standard InChI is InChI=1S/C16H21NO4/c1-4-7-9-20-15-11-13(6-3)14(17(18)19)12-16(15)21-10-8-5-2/h3,11-12H,4-5,7-10H2,1-2H3. The van der Waals surface area contributed by atoms with Crippen LogP contribution < -0.4 is 9.47 Å². The van der Waals surface area contributed by atoms with E-state index in [1.165, 1.54) is 12.1 Å². The maximum Gasteiger partial charge on any atom is 0.288 e. The molecule has 0 saturated carbocycles. The largest absolute Gasteiger partial charge is 0.490 e. The van der Waals surface area contributed by atoms with Gasteiger partial charge in [0.1, 0.15) is 5.56 Å². The smallest absolute Gasteiger partial charge is 0.288 e. The van der Waals surface area contributed by atoms with Crippen LogP contribution in [0.5, 0.6) is 11.5 Å². The Hall–Kier alpha value is -2.22. The van der Waals surface area contributed by atoms with Gasteiger partial charge in [0.25, 0.3) is 5.69 Å². The topological polar surface area (TPSA) is 61.6 Å². The Balaban J connectivity index is 3.05. The van der Waals surface area contributed by atoms with Gasteiger partial charge in [-0.2, -0.15) is 0 Å².